The van der Waals surface area contributed by atoms with Gasteiger partial charge in [-0.25, -0.2) is 0 Å². The number of nitrogens with zero attached hydrogens (tertiary/aromatic N) is 4. The van der Waals surface area contributed by atoms with Crippen LogP contribution < -0.4 is 5.32 Å². The van der Waals surface area contributed by atoms with Crippen molar-refractivity contribution in [1.29, 1.82) is 0 Å². The molecule has 0 fully saturated rings. The number of halogens is 1. The lowest BCUT2D eigenvalue weighted by molar-refractivity contribution is 0.0948. The molecule has 4 rings (SSSR count). The van der Waals surface area contributed by atoms with Crippen molar-refractivity contribution in [2.45, 2.75) is 39.9 Å². The minimum atomic E-state index is -0.158. The fourth-order valence-corrected chi connectivity index (χ4v) is 3.80. The number of amides is 1. The molecular weight excluding hydrogens is 390 g/mol. The first-order chi connectivity index (χ1) is 14.0. The summed E-state index contributed by atoms with van der Waals surface area (Å²) in [5.41, 5.74) is 1.80. The van der Waals surface area contributed by atoms with Crippen LogP contribution in [0.1, 0.15) is 39.1 Å². The molecule has 2 aromatic heterocycles. The molecular formula is C21H24ClN5O2. The van der Waals surface area contributed by atoms with Gasteiger partial charge in [-0.1, -0.05) is 23.7 Å². The number of carbonyl (C=O) groups is 1. The van der Waals surface area contributed by atoms with E-state index < -0.39 is 0 Å². The Labute approximate surface area is 174 Å². The van der Waals surface area contributed by atoms with E-state index in [4.69, 9.17) is 16.0 Å². The first-order valence-electron chi connectivity index (χ1n) is 9.72. The first-order valence-corrected chi connectivity index (χ1v) is 10.1. The molecule has 1 aliphatic heterocycles. The molecule has 1 amide bonds. The number of hydrogen-bond donors (Lipinski definition) is 1. The normalized spacial score (nSPS) is 14.4. The largest absolute Gasteiger partial charge is 0.466 e. The van der Waals surface area contributed by atoms with Crippen molar-refractivity contribution in [3.8, 4) is 0 Å². The van der Waals surface area contributed by atoms with E-state index in [2.05, 4.69) is 37.1 Å². The number of aryl methyl sites for hydroxylation is 2. The SMILES string of the molecule is Cc1cc(C(=O)NCc2nnc3n2CCN(Cc2ccc(Cl)cc2)CC3)c(C)o1. The van der Waals surface area contributed by atoms with Crippen LogP contribution in [0.4, 0.5) is 0 Å². The Morgan fingerprint density at radius 1 is 1.17 bits per heavy atom. The van der Waals surface area contributed by atoms with Gasteiger partial charge in [0.25, 0.3) is 5.91 Å². The van der Waals surface area contributed by atoms with Crippen molar-refractivity contribution >= 4 is 17.5 Å². The molecule has 0 saturated heterocycles. The number of nitrogens with one attached hydrogen (secondary N) is 1. The molecule has 0 atom stereocenters. The zero-order valence-electron chi connectivity index (χ0n) is 16.6. The molecule has 7 nitrogen and oxygen atoms in total. The van der Waals surface area contributed by atoms with E-state index in [1.807, 2.05) is 19.1 Å². The second-order valence-electron chi connectivity index (χ2n) is 7.35. The number of rotatable bonds is 5. The zero-order chi connectivity index (χ0) is 20.4. The zero-order valence-corrected chi connectivity index (χ0v) is 17.4. The second-order valence-corrected chi connectivity index (χ2v) is 7.78. The van der Waals surface area contributed by atoms with E-state index in [1.165, 1.54) is 5.56 Å². The molecule has 0 saturated carbocycles. The molecule has 0 radical (unpaired) electrons. The highest BCUT2D eigenvalue weighted by Gasteiger charge is 2.20. The van der Waals surface area contributed by atoms with Crippen LogP contribution in [0.15, 0.2) is 34.7 Å². The van der Waals surface area contributed by atoms with E-state index in [9.17, 15) is 4.79 Å². The lowest BCUT2D eigenvalue weighted by atomic mass is 10.2. The van der Waals surface area contributed by atoms with Crippen LogP contribution >= 0.6 is 11.6 Å². The highest BCUT2D eigenvalue weighted by Crippen LogP contribution is 2.16. The van der Waals surface area contributed by atoms with Crippen LogP contribution in [0.25, 0.3) is 0 Å². The van der Waals surface area contributed by atoms with Gasteiger partial charge < -0.3 is 14.3 Å². The van der Waals surface area contributed by atoms with Crippen molar-refractivity contribution in [3.05, 3.63) is 69.7 Å². The highest BCUT2D eigenvalue weighted by atomic mass is 35.5. The van der Waals surface area contributed by atoms with Gasteiger partial charge in [0.15, 0.2) is 5.82 Å². The first kappa shape index (κ1) is 19.7. The minimum absolute atomic E-state index is 0.158. The van der Waals surface area contributed by atoms with E-state index in [-0.39, 0.29) is 5.91 Å². The summed E-state index contributed by atoms with van der Waals surface area (Å²) in [4.78, 5) is 14.8. The molecule has 29 heavy (non-hydrogen) atoms. The third-order valence-corrected chi connectivity index (χ3v) is 5.46. The summed E-state index contributed by atoms with van der Waals surface area (Å²) >= 11 is 5.98. The van der Waals surface area contributed by atoms with Crippen LogP contribution in [-0.2, 0) is 26.1 Å². The number of carbonyl (C=O) groups excluding carboxylic acids is 1. The standard InChI is InChI=1S/C21H24ClN5O2/c1-14-11-18(15(2)29-14)21(28)23-12-20-25-24-19-7-8-26(9-10-27(19)20)13-16-3-5-17(22)6-4-16/h3-6,11H,7-10,12-13H2,1-2H3,(H,23,28). The van der Waals surface area contributed by atoms with Gasteiger partial charge in [0.05, 0.1) is 12.1 Å². The van der Waals surface area contributed by atoms with Crippen molar-refractivity contribution in [1.82, 2.24) is 25.0 Å². The fraction of sp³-hybridized carbons (Fsp3) is 0.381. The van der Waals surface area contributed by atoms with Gasteiger partial charge in [-0.3, -0.25) is 9.69 Å². The quantitative estimate of drug-likeness (QED) is 0.695. The fourth-order valence-electron chi connectivity index (χ4n) is 3.67. The summed E-state index contributed by atoms with van der Waals surface area (Å²) in [5, 5.41) is 12.3. The van der Waals surface area contributed by atoms with Crippen molar-refractivity contribution in [3.63, 3.8) is 0 Å². The molecule has 1 aliphatic rings. The van der Waals surface area contributed by atoms with E-state index >= 15 is 0 Å². The molecule has 1 N–H and O–H groups in total. The number of fused-ring (bicyclic) bond motifs is 1. The molecule has 0 unspecified atom stereocenters. The van der Waals surface area contributed by atoms with Crippen molar-refractivity contribution in [2.24, 2.45) is 0 Å². The predicted molar refractivity (Wildman–Crippen MR) is 110 cm³/mol. The third-order valence-electron chi connectivity index (χ3n) is 5.21. The van der Waals surface area contributed by atoms with Crippen LogP contribution in [0.3, 0.4) is 0 Å². The molecule has 3 aromatic rings. The maximum absolute atomic E-state index is 12.4. The topological polar surface area (TPSA) is 76.2 Å². The Morgan fingerprint density at radius 2 is 1.97 bits per heavy atom. The lowest BCUT2D eigenvalue weighted by Gasteiger charge is -2.19. The number of furan rings is 1. The van der Waals surface area contributed by atoms with E-state index in [1.54, 1.807) is 13.0 Å². The molecule has 0 aliphatic carbocycles. The van der Waals surface area contributed by atoms with Crippen molar-refractivity contribution < 1.29 is 9.21 Å². The summed E-state index contributed by atoms with van der Waals surface area (Å²) < 4.78 is 7.56. The number of hydrogen-bond acceptors (Lipinski definition) is 5. The summed E-state index contributed by atoms with van der Waals surface area (Å²) in [5.74, 6) is 2.93. The Bertz CT molecular complexity index is 1010. The molecule has 0 bridgehead atoms. The summed E-state index contributed by atoms with van der Waals surface area (Å²) in [6, 6.07) is 9.73. The maximum atomic E-state index is 12.4. The lowest BCUT2D eigenvalue weighted by Crippen LogP contribution is -2.28. The predicted octanol–water partition coefficient (Wildman–Crippen LogP) is 3.13. The number of aromatic nitrogens is 3. The Morgan fingerprint density at radius 3 is 2.69 bits per heavy atom. The molecule has 8 heteroatoms. The smallest absolute Gasteiger partial charge is 0.255 e. The van der Waals surface area contributed by atoms with Crippen LogP contribution in [-0.4, -0.2) is 38.7 Å². The van der Waals surface area contributed by atoms with Gasteiger partial charge in [0, 0.05) is 37.6 Å². The Kier molecular flexibility index (Phi) is 5.69. The van der Waals surface area contributed by atoms with Crippen LogP contribution in [0.2, 0.25) is 5.02 Å². The third kappa shape index (κ3) is 4.52. The van der Waals surface area contributed by atoms with Gasteiger partial charge in [-0.15, -0.1) is 10.2 Å². The molecule has 0 spiro atoms. The van der Waals surface area contributed by atoms with E-state index in [0.717, 1.165) is 55.0 Å². The maximum Gasteiger partial charge on any atom is 0.255 e. The van der Waals surface area contributed by atoms with Crippen LogP contribution in [0, 0.1) is 13.8 Å². The van der Waals surface area contributed by atoms with Crippen LogP contribution in [0.5, 0.6) is 0 Å². The monoisotopic (exact) mass is 413 g/mol. The molecule has 3 heterocycles. The van der Waals surface area contributed by atoms with Gasteiger partial charge in [-0.05, 0) is 37.6 Å². The summed E-state index contributed by atoms with van der Waals surface area (Å²) in [7, 11) is 0. The minimum Gasteiger partial charge on any atom is -0.466 e. The van der Waals surface area contributed by atoms with Crippen molar-refractivity contribution in [2.75, 3.05) is 13.1 Å². The number of benzene rings is 1. The molecule has 152 valence electrons. The average Bonchev–Trinajstić information content (AvgIpc) is 3.18. The van der Waals surface area contributed by atoms with Gasteiger partial charge in [0.1, 0.15) is 17.3 Å². The highest BCUT2D eigenvalue weighted by molar-refractivity contribution is 6.30. The Hall–Kier alpha value is -2.64. The Balaban J connectivity index is 1.37. The average molecular weight is 414 g/mol. The molecule has 1 aromatic carbocycles. The van der Waals surface area contributed by atoms with Gasteiger partial charge in [0.2, 0.25) is 0 Å². The second kappa shape index (κ2) is 8.39. The van der Waals surface area contributed by atoms with Gasteiger partial charge >= 0.3 is 0 Å². The summed E-state index contributed by atoms with van der Waals surface area (Å²) in [6.45, 7) is 7.45. The van der Waals surface area contributed by atoms with Gasteiger partial charge in [-0.2, -0.15) is 0 Å². The van der Waals surface area contributed by atoms with E-state index in [0.29, 0.717) is 17.9 Å². The summed E-state index contributed by atoms with van der Waals surface area (Å²) in [6.07, 6.45) is 0.828.